The Morgan fingerprint density at radius 1 is 1.37 bits per heavy atom. The number of benzene rings is 1. The summed E-state index contributed by atoms with van der Waals surface area (Å²) in [4.78, 5) is 16.9. The van der Waals surface area contributed by atoms with Gasteiger partial charge in [0, 0.05) is 23.8 Å². The van der Waals surface area contributed by atoms with Crippen molar-refractivity contribution < 1.29 is 14.3 Å². The minimum atomic E-state index is -0.258. The van der Waals surface area contributed by atoms with Crippen molar-refractivity contribution >= 4 is 22.7 Å². The number of rotatable bonds is 6. The van der Waals surface area contributed by atoms with E-state index < -0.39 is 0 Å². The maximum atomic E-state index is 12.5. The summed E-state index contributed by atoms with van der Waals surface area (Å²) in [5.41, 5.74) is 3.84. The van der Waals surface area contributed by atoms with E-state index in [9.17, 15) is 9.90 Å². The maximum Gasteiger partial charge on any atom is 0.255 e. The van der Waals surface area contributed by atoms with Crippen LogP contribution in [0.25, 0.3) is 11.1 Å². The third-order valence-electron chi connectivity index (χ3n) is 4.16. The van der Waals surface area contributed by atoms with E-state index in [4.69, 9.17) is 4.42 Å². The molecule has 27 heavy (non-hydrogen) atoms. The third-order valence-corrected chi connectivity index (χ3v) is 4.16. The van der Waals surface area contributed by atoms with Gasteiger partial charge in [0.25, 0.3) is 5.91 Å². The predicted molar refractivity (Wildman–Crippen MR) is 104 cm³/mol. The Morgan fingerprint density at radius 2 is 2.15 bits per heavy atom. The van der Waals surface area contributed by atoms with Gasteiger partial charge in [0.05, 0.1) is 24.2 Å². The van der Waals surface area contributed by atoms with E-state index in [0.29, 0.717) is 46.8 Å². The maximum absolute atomic E-state index is 12.5. The minimum absolute atomic E-state index is 0.205. The minimum Gasteiger partial charge on any atom is -0.512 e. The van der Waals surface area contributed by atoms with Crippen LogP contribution in [0.15, 0.2) is 58.5 Å². The van der Waals surface area contributed by atoms with E-state index in [0.717, 1.165) is 5.57 Å². The Balaban J connectivity index is 1.74. The number of hydrogen-bond acceptors (Lipinski definition) is 5. The fraction of sp³-hybridized carbons (Fsp3) is 0.250. The second-order valence-corrected chi connectivity index (χ2v) is 6.37. The van der Waals surface area contributed by atoms with Crippen LogP contribution < -0.4 is 5.32 Å². The normalized spacial score (nSPS) is 12.1. The Hall–Kier alpha value is -3.35. The Kier molecular flexibility index (Phi) is 5.12. The van der Waals surface area contributed by atoms with Crippen LogP contribution in [0.3, 0.4) is 0 Å². The number of aliphatic hydroxyl groups excluding tert-OH is 1. The lowest BCUT2D eigenvalue weighted by molar-refractivity contribution is 0.102. The lowest BCUT2D eigenvalue weighted by Gasteiger charge is -2.08. The molecule has 0 fully saturated rings. The summed E-state index contributed by atoms with van der Waals surface area (Å²) >= 11 is 0. The lowest BCUT2D eigenvalue weighted by Crippen LogP contribution is -2.11. The van der Waals surface area contributed by atoms with Crippen LogP contribution in [-0.4, -0.2) is 25.8 Å². The number of allylic oxidation sites excluding steroid dienone is 3. The largest absolute Gasteiger partial charge is 0.512 e. The van der Waals surface area contributed by atoms with Crippen molar-refractivity contribution in [3.05, 3.63) is 65.5 Å². The van der Waals surface area contributed by atoms with Gasteiger partial charge in [0.2, 0.25) is 0 Å². The summed E-state index contributed by atoms with van der Waals surface area (Å²) in [6.45, 7) is 9.63. The number of aromatic nitrogens is 3. The topological polar surface area (TPSA) is 93.2 Å². The highest BCUT2D eigenvalue weighted by Crippen LogP contribution is 2.19. The highest BCUT2D eigenvalue weighted by atomic mass is 16.3. The lowest BCUT2D eigenvalue weighted by atomic mass is 10.1. The molecule has 0 saturated heterocycles. The molecular formula is C20H22N4O3. The van der Waals surface area contributed by atoms with Gasteiger partial charge < -0.3 is 14.8 Å². The number of aliphatic hydroxyl groups is 1. The van der Waals surface area contributed by atoms with Gasteiger partial charge in [-0.2, -0.15) is 5.10 Å². The molecular weight excluding hydrogens is 344 g/mol. The van der Waals surface area contributed by atoms with E-state index in [2.05, 4.69) is 22.0 Å². The number of anilines is 1. The summed E-state index contributed by atoms with van der Waals surface area (Å²) in [7, 11) is 0. The third kappa shape index (κ3) is 4.08. The first-order chi connectivity index (χ1) is 12.9. The molecule has 1 aromatic carbocycles. The molecule has 7 nitrogen and oxygen atoms in total. The van der Waals surface area contributed by atoms with Crippen molar-refractivity contribution in [1.82, 2.24) is 14.8 Å². The van der Waals surface area contributed by atoms with E-state index in [-0.39, 0.29) is 11.7 Å². The Labute approximate surface area is 157 Å². The van der Waals surface area contributed by atoms with Crippen molar-refractivity contribution in [2.45, 2.75) is 33.7 Å². The highest BCUT2D eigenvalue weighted by molar-refractivity contribution is 6.05. The van der Waals surface area contributed by atoms with E-state index >= 15 is 0 Å². The number of aryl methyl sites for hydroxylation is 1. The van der Waals surface area contributed by atoms with Crippen LogP contribution in [0, 0.1) is 0 Å². The van der Waals surface area contributed by atoms with Gasteiger partial charge in [-0.05, 0) is 37.6 Å². The van der Waals surface area contributed by atoms with Gasteiger partial charge in [-0.1, -0.05) is 13.5 Å². The number of oxazole rings is 1. The summed E-state index contributed by atoms with van der Waals surface area (Å²) in [6, 6.07) is 5.15. The zero-order valence-corrected chi connectivity index (χ0v) is 15.6. The number of nitrogens with zero attached hydrogens (tertiary/aromatic N) is 3. The van der Waals surface area contributed by atoms with Crippen molar-refractivity contribution in [3.8, 4) is 0 Å². The monoisotopic (exact) mass is 366 g/mol. The molecule has 0 aliphatic heterocycles. The first-order valence-corrected chi connectivity index (χ1v) is 8.65. The molecule has 0 spiro atoms. The molecule has 3 rings (SSSR count). The number of fused-ring (bicyclic) bond motifs is 1. The van der Waals surface area contributed by atoms with Crippen LogP contribution in [0.1, 0.15) is 37.0 Å². The van der Waals surface area contributed by atoms with Crippen molar-refractivity contribution in [2.24, 2.45) is 0 Å². The van der Waals surface area contributed by atoms with Gasteiger partial charge in [-0.3, -0.25) is 9.48 Å². The quantitative estimate of drug-likeness (QED) is 0.502. The highest BCUT2D eigenvalue weighted by Gasteiger charge is 2.12. The summed E-state index contributed by atoms with van der Waals surface area (Å²) < 4.78 is 7.19. The van der Waals surface area contributed by atoms with Gasteiger partial charge in [0.15, 0.2) is 11.5 Å². The molecule has 1 amide bonds. The Morgan fingerprint density at radius 3 is 2.81 bits per heavy atom. The SMILES string of the molecule is C=C(C)/C(Cn1cc(NC(=O)c2ccc3oc(CC)nc3c2)cn1)=C(/C)O. The summed E-state index contributed by atoms with van der Waals surface area (Å²) in [6.07, 6.45) is 3.96. The zero-order valence-electron chi connectivity index (χ0n) is 15.6. The fourth-order valence-electron chi connectivity index (χ4n) is 2.71. The second-order valence-electron chi connectivity index (χ2n) is 6.37. The molecule has 2 heterocycles. The molecule has 2 aromatic heterocycles. The van der Waals surface area contributed by atoms with Crippen LogP contribution in [0.4, 0.5) is 5.69 Å². The van der Waals surface area contributed by atoms with Crippen LogP contribution in [0.2, 0.25) is 0 Å². The standard InChI is InChI=1S/C20H22N4O3/c1-5-19-23-17-8-14(6-7-18(17)27-19)20(26)22-15-9-21-24(10-15)11-16(12(2)3)13(4)25/h6-10,25H,2,5,11H2,1,3-4H3,(H,22,26)/b16-13-. The molecule has 0 bridgehead atoms. The van der Waals surface area contributed by atoms with Crippen molar-refractivity contribution in [1.29, 1.82) is 0 Å². The molecule has 0 unspecified atom stereocenters. The van der Waals surface area contributed by atoms with E-state index in [1.165, 1.54) is 0 Å². The molecule has 0 atom stereocenters. The second kappa shape index (κ2) is 7.49. The number of amides is 1. The average Bonchev–Trinajstić information content (AvgIpc) is 3.24. The molecule has 3 aromatic rings. The van der Waals surface area contributed by atoms with Gasteiger partial charge in [-0.25, -0.2) is 4.98 Å². The van der Waals surface area contributed by atoms with Gasteiger partial charge in [-0.15, -0.1) is 0 Å². The van der Waals surface area contributed by atoms with Crippen LogP contribution >= 0.6 is 0 Å². The molecule has 0 aliphatic rings. The van der Waals surface area contributed by atoms with Gasteiger partial charge >= 0.3 is 0 Å². The number of carbonyl (C=O) groups excluding carboxylic acids is 1. The first-order valence-electron chi connectivity index (χ1n) is 8.65. The summed E-state index contributed by atoms with van der Waals surface area (Å²) in [5, 5.41) is 16.8. The Bertz CT molecular complexity index is 1040. The first kappa shape index (κ1) is 18.4. The van der Waals surface area contributed by atoms with Gasteiger partial charge in [0.1, 0.15) is 5.52 Å². The van der Waals surface area contributed by atoms with Crippen LogP contribution in [-0.2, 0) is 13.0 Å². The van der Waals surface area contributed by atoms with Crippen molar-refractivity contribution in [2.75, 3.05) is 5.32 Å². The van der Waals surface area contributed by atoms with Crippen LogP contribution in [0.5, 0.6) is 0 Å². The predicted octanol–water partition coefficient (Wildman–Crippen LogP) is 4.25. The zero-order chi connectivity index (χ0) is 19.6. The molecule has 7 heteroatoms. The van der Waals surface area contributed by atoms with E-state index in [1.807, 2.05) is 13.8 Å². The fourth-order valence-corrected chi connectivity index (χ4v) is 2.71. The van der Waals surface area contributed by atoms with Crippen molar-refractivity contribution in [3.63, 3.8) is 0 Å². The number of nitrogens with one attached hydrogen (secondary N) is 1. The molecule has 0 aliphatic carbocycles. The molecule has 2 N–H and O–H groups in total. The molecule has 0 radical (unpaired) electrons. The number of hydrogen-bond donors (Lipinski definition) is 2. The molecule has 140 valence electrons. The smallest absolute Gasteiger partial charge is 0.255 e. The summed E-state index contributed by atoms with van der Waals surface area (Å²) in [5.74, 6) is 0.590. The molecule has 0 saturated carbocycles. The average molecular weight is 366 g/mol. The number of carbonyl (C=O) groups is 1. The van der Waals surface area contributed by atoms with E-state index in [1.54, 1.807) is 42.2 Å².